The van der Waals surface area contributed by atoms with Gasteiger partial charge in [0.25, 0.3) is 5.91 Å². The number of benzene rings is 1. The van der Waals surface area contributed by atoms with Crippen LogP contribution in [-0.2, 0) is 16.1 Å². The fourth-order valence-electron chi connectivity index (χ4n) is 3.80. The van der Waals surface area contributed by atoms with Gasteiger partial charge in [0, 0.05) is 13.1 Å². The second-order valence-electron chi connectivity index (χ2n) is 7.72. The van der Waals surface area contributed by atoms with Crippen molar-refractivity contribution in [1.82, 2.24) is 14.7 Å². The molecule has 1 aromatic carbocycles. The first-order valence-electron chi connectivity index (χ1n) is 9.57. The number of hydrogen-bond acceptors (Lipinski definition) is 4. The van der Waals surface area contributed by atoms with Gasteiger partial charge in [-0.1, -0.05) is 55.8 Å². The van der Waals surface area contributed by atoms with Crippen LogP contribution < -0.4 is 0 Å². The molecule has 1 aliphatic rings. The molecule has 1 saturated heterocycles. The minimum Gasteiger partial charge on any atom is -0.452 e. The fourth-order valence-corrected chi connectivity index (χ4v) is 4.12. The van der Waals surface area contributed by atoms with Gasteiger partial charge in [0.2, 0.25) is 0 Å². The summed E-state index contributed by atoms with van der Waals surface area (Å²) in [4.78, 5) is 26.8. The maximum absolute atomic E-state index is 12.5. The van der Waals surface area contributed by atoms with Crippen molar-refractivity contribution in [3.05, 3.63) is 52.3 Å². The van der Waals surface area contributed by atoms with Crippen LogP contribution in [0.5, 0.6) is 0 Å². The molecule has 2 atom stereocenters. The van der Waals surface area contributed by atoms with Crippen LogP contribution in [0.4, 0.5) is 0 Å². The molecule has 3 rings (SSSR count). The van der Waals surface area contributed by atoms with Crippen molar-refractivity contribution in [2.75, 3.05) is 19.7 Å². The second-order valence-corrected chi connectivity index (χ2v) is 8.07. The van der Waals surface area contributed by atoms with Gasteiger partial charge in [0.1, 0.15) is 10.7 Å². The minimum absolute atomic E-state index is 0.169. The lowest BCUT2D eigenvalue weighted by Crippen LogP contribution is -2.44. The third-order valence-electron chi connectivity index (χ3n) is 4.99. The van der Waals surface area contributed by atoms with E-state index < -0.39 is 5.97 Å². The van der Waals surface area contributed by atoms with E-state index in [0.29, 0.717) is 37.2 Å². The fraction of sp³-hybridized carbons (Fsp3) is 0.476. The number of nitrogens with zero attached hydrogens (tertiary/aromatic N) is 3. The van der Waals surface area contributed by atoms with Crippen LogP contribution in [0, 0.1) is 18.8 Å². The molecule has 6 nitrogen and oxygen atoms in total. The van der Waals surface area contributed by atoms with Crippen molar-refractivity contribution in [3.63, 3.8) is 0 Å². The number of carbonyl (C=O) groups is 2. The molecule has 150 valence electrons. The molecule has 28 heavy (non-hydrogen) atoms. The number of carbonyl (C=O) groups excluding carboxylic acids is 2. The molecule has 1 amide bonds. The summed E-state index contributed by atoms with van der Waals surface area (Å²) in [7, 11) is 0. The molecule has 2 heterocycles. The normalized spacial score (nSPS) is 19.5. The lowest BCUT2D eigenvalue weighted by atomic mass is 9.92. The van der Waals surface area contributed by atoms with Gasteiger partial charge >= 0.3 is 5.97 Å². The zero-order valence-electron chi connectivity index (χ0n) is 16.5. The van der Waals surface area contributed by atoms with E-state index in [1.165, 1.54) is 0 Å². The van der Waals surface area contributed by atoms with Crippen LogP contribution in [0.1, 0.15) is 41.9 Å². The number of amides is 1. The van der Waals surface area contributed by atoms with Crippen LogP contribution in [0.15, 0.2) is 30.3 Å². The number of likely N-dealkylation sites (tertiary alicyclic amines) is 1. The van der Waals surface area contributed by atoms with Crippen LogP contribution in [0.3, 0.4) is 0 Å². The zero-order valence-corrected chi connectivity index (χ0v) is 17.3. The summed E-state index contributed by atoms with van der Waals surface area (Å²) < 4.78 is 6.84. The highest BCUT2D eigenvalue weighted by Crippen LogP contribution is 2.23. The summed E-state index contributed by atoms with van der Waals surface area (Å²) in [5, 5.41) is 4.57. The molecule has 1 aliphatic heterocycles. The lowest BCUT2D eigenvalue weighted by molar-refractivity contribution is -0.137. The monoisotopic (exact) mass is 403 g/mol. The van der Waals surface area contributed by atoms with Gasteiger partial charge < -0.3 is 9.64 Å². The number of piperidine rings is 1. The molecular weight excluding hydrogens is 378 g/mol. The van der Waals surface area contributed by atoms with Gasteiger partial charge in [0.15, 0.2) is 6.61 Å². The van der Waals surface area contributed by atoms with Crippen molar-refractivity contribution in [2.24, 2.45) is 11.8 Å². The summed E-state index contributed by atoms with van der Waals surface area (Å²) in [6, 6.07) is 9.73. The van der Waals surface area contributed by atoms with Gasteiger partial charge in [-0.15, -0.1) is 0 Å². The molecule has 1 aromatic heterocycles. The smallest absolute Gasteiger partial charge is 0.343 e. The first kappa shape index (κ1) is 20.4. The van der Waals surface area contributed by atoms with Crippen molar-refractivity contribution in [2.45, 2.75) is 33.7 Å². The van der Waals surface area contributed by atoms with E-state index in [0.717, 1.165) is 12.0 Å². The van der Waals surface area contributed by atoms with E-state index in [4.69, 9.17) is 16.3 Å². The van der Waals surface area contributed by atoms with Crippen LogP contribution in [-0.4, -0.2) is 46.3 Å². The Kier molecular flexibility index (Phi) is 6.39. The molecular formula is C21H26ClN3O3. The standard InChI is InChI=1S/C21H26ClN3O3/c1-14-9-15(2)11-24(10-14)18(26)13-28-21(27)19-16(3)23-25(20(19)22)12-17-7-5-4-6-8-17/h4-8,14-15H,9-13H2,1-3H3/t14-,15-/m0/s1. The maximum atomic E-state index is 12.5. The van der Waals surface area contributed by atoms with Crippen molar-refractivity contribution in [1.29, 1.82) is 0 Å². The van der Waals surface area contributed by atoms with E-state index in [-0.39, 0.29) is 23.2 Å². The molecule has 7 heteroatoms. The Morgan fingerprint density at radius 2 is 1.82 bits per heavy atom. The Balaban J connectivity index is 1.63. The van der Waals surface area contributed by atoms with E-state index in [1.807, 2.05) is 30.3 Å². The topological polar surface area (TPSA) is 64.4 Å². The Labute approximate surface area is 170 Å². The largest absolute Gasteiger partial charge is 0.452 e. The molecule has 0 unspecified atom stereocenters. The lowest BCUT2D eigenvalue weighted by Gasteiger charge is -2.34. The van der Waals surface area contributed by atoms with E-state index in [9.17, 15) is 9.59 Å². The summed E-state index contributed by atoms with van der Waals surface area (Å²) in [5.74, 6) is 0.123. The SMILES string of the molecule is Cc1nn(Cc2ccccc2)c(Cl)c1C(=O)OCC(=O)N1C[C@@H](C)C[C@H](C)C1. The summed E-state index contributed by atoms with van der Waals surface area (Å²) in [6.07, 6.45) is 1.11. The average Bonchev–Trinajstić information content (AvgIpc) is 2.93. The van der Waals surface area contributed by atoms with E-state index in [1.54, 1.807) is 16.5 Å². The minimum atomic E-state index is -0.617. The predicted molar refractivity (Wildman–Crippen MR) is 107 cm³/mol. The molecule has 0 aliphatic carbocycles. The van der Waals surface area contributed by atoms with Crippen molar-refractivity contribution in [3.8, 4) is 0 Å². The third-order valence-corrected chi connectivity index (χ3v) is 5.38. The quantitative estimate of drug-likeness (QED) is 0.716. The van der Waals surface area contributed by atoms with Crippen LogP contribution in [0.2, 0.25) is 5.15 Å². The number of aryl methyl sites for hydroxylation is 1. The third kappa shape index (κ3) is 4.73. The maximum Gasteiger partial charge on any atom is 0.343 e. The Hall–Kier alpha value is -2.34. The van der Waals surface area contributed by atoms with Crippen molar-refractivity contribution >= 4 is 23.5 Å². The Morgan fingerprint density at radius 1 is 1.18 bits per heavy atom. The highest BCUT2D eigenvalue weighted by Gasteiger charge is 2.27. The molecule has 0 bridgehead atoms. The zero-order chi connectivity index (χ0) is 20.3. The first-order valence-corrected chi connectivity index (χ1v) is 9.94. The van der Waals surface area contributed by atoms with Gasteiger partial charge in [0.05, 0.1) is 12.2 Å². The predicted octanol–water partition coefficient (Wildman–Crippen LogP) is 3.55. The second kappa shape index (κ2) is 8.78. The van der Waals surface area contributed by atoms with Crippen LogP contribution in [0.25, 0.3) is 0 Å². The van der Waals surface area contributed by atoms with E-state index >= 15 is 0 Å². The van der Waals surface area contributed by atoms with Gasteiger partial charge in [-0.3, -0.25) is 4.79 Å². The number of rotatable bonds is 5. The molecule has 0 saturated carbocycles. The Bertz CT molecular complexity index is 840. The van der Waals surface area contributed by atoms with Gasteiger partial charge in [-0.25, -0.2) is 9.48 Å². The van der Waals surface area contributed by atoms with Gasteiger partial charge in [-0.2, -0.15) is 5.10 Å². The van der Waals surface area contributed by atoms with Crippen LogP contribution >= 0.6 is 11.6 Å². The average molecular weight is 404 g/mol. The molecule has 1 fully saturated rings. The molecule has 0 spiro atoms. The summed E-state index contributed by atoms with van der Waals surface area (Å²) in [5.41, 5.74) is 1.72. The molecule has 0 radical (unpaired) electrons. The van der Waals surface area contributed by atoms with E-state index in [2.05, 4.69) is 18.9 Å². The number of hydrogen-bond donors (Lipinski definition) is 0. The number of halogens is 1. The molecule has 2 aromatic rings. The highest BCUT2D eigenvalue weighted by molar-refractivity contribution is 6.32. The summed E-state index contributed by atoms with van der Waals surface area (Å²) >= 11 is 6.38. The number of esters is 1. The number of aromatic nitrogens is 2. The van der Waals surface area contributed by atoms with Crippen molar-refractivity contribution < 1.29 is 14.3 Å². The summed E-state index contributed by atoms with van der Waals surface area (Å²) in [6.45, 7) is 7.55. The molecule has 0 N–H and O–H groups in total. The highest BCUT2D eigenvalue weighted by atomic mass is 35.5. The first-order chi connectivity index (χ1) is 13.3. The number of ether oxygens (including phenoxy) is 1. The van der Waals surface area contributed by atoms with Gasteiger partial charge in [-0.05, 0) is 30.7 Å². The Morgan fingerprint density at radius 3 is 2.46 bits per heavy atom.